The molecule has 18 heavy (non-hydrogen) atoms. The Kier molecular flexibility index (Phi) is 7.35. The molecule has 0 saturated heterocycles. The van der Waals surface area contributed by atoms with Crippen LogP contribution in [0.1, 0.15) is 33.6 Å². The molecule has 106 valence electrons. The van der Waals surface area contributed by atoms with Crippen molar-refractivity contribution in [2.24, 2.45) is 5.73 Å². The molecule has 0 bridgehead atoms. The number of hydrogen-bond acceptors (Lipinski definition) is 4. The fourth-order valence-corrected chi connectivity index (χ4v) is 1.31. The van der Waals surface area contributed by atoms with Crippen molar-refractivity contribution in [3.05, 3.63) is 0 Å². The van der Waals surface area contributed by atoms with E-state index in [0.29, 0.717) is 26.1 Å². The highest BCUT2D eigenvalue weighted by Crippen LogP contribution is 2.10. The zero-order valence-electron chi connectivity index (χ0n) is 11.8. The number of likely N-dealkylation sites (N-methyl/N-ethyl adjacent to an activating group) is 1. The van der Waals surface area contributed by atoms with Crippen molar-refractivity contribution in [2.45, 2.75) is 39.2 Å². The van der Waals surface area contributed by atoms with Crippen molar-refractivity contribution in [2.75, 3.05) is 26.7 Å². The second-order valence-corrected chi connectivity index (χ2v) is 5.14. The molecule has 0 unspecified atom stereocenters. The van der Waals surface area contributed by atoms with Crippen molar-refractivity contribution >= 4 is 12.0 Å². The summed E-state index contributed by atoms with van der Waals surface area (Å²) < 4.78 is 5.30. The number of primary amides is 1. The van der Waals surface area contributed by atoms with Crippen molar-refractivity contribution in [1.82, 2.24) is 10.2 Å². The minimum atomic E-state index is -0.515. The van der Waals surface area contributed by atoms with E-state index < -0.39 is 5.60 Å². The Morgan fingerprint density at radius 3 is 2.33 bits per heavy atom. The van der Waals surface area contributed by atoms with Crippen LogP contribution in [0, 0.1) is 0 Å². The van der Waals surface area contributed by atoms with Gasteiger partial charge in [0.05, 0.1) is 0 Å². The maximum absolute atomic E-state index is 11.9. The normalized spacial score (nSPS) is 11.1. The van der Waals surface area contributed by atoms with Crippen LogP contribution in [0.4, 0.5) is 4.79 Å². The lowest BCUT2D eigenvalue weighted by Gasteiger charge is -2.27. The third-order valence-electron chi connectivity index (χ3n) is 2.13. The van der Waals surface area contributed by atoms with Gasteiger partial charge in [-0.15, -0.1) is 0 Å². The first-order valence-electron chi connectivity index (χ1n) is 6.17. The Morgan fingerprint density at radius 2 is 1.89 bits per heavy atom. The topological polar surface area (TPSA) is 84.7 Å². The number of carbonyl (C=O) groups is 2. The quantitative estimate of drug-likeness (QED) is 0.705. The van der Waals surface area contributed by atoms with Crippen LogP contribution in [0.3, 0.4) is 0 Å². The molecule has 3 N–H and O–H groups in total. The van der Waals surface area contributed by atoms with Gasteiger partial charge in [-0.05, 0) is 34.2 Å². The van der Waals surface area contributed by atoms with Crippen LogP contribution in [0.15, 0.2) is 0 Å². The first-order valence-corrected chi connectivity index (χ1v) is 6.17. The highest BCUT2D eigenvalue weighted by molar-refractivity contribution is 5.73. The lowest BCUT2D eigenvalue weighted by Crippen LogP contribution is -2.40. The second-order valence-electron chi connectivity index (χ2n) is 5.14. The van der Waals surface area contributed by atoms with Crippen LogP contribution in [0.2, 0.25) is 0 Å². The fourth-order valence-electron chi connectivity index (χ4n) is 1.31. The first kappa shape index (κ1) is 16.7. The van der Waals surface area contributed by atoms with E-state index in [9.17, 15) is 9.59 Å². The number of nitrogens with zero attached hydrogens (tertiary/aromatic N) is 1. The lowest BCUT2D eigenvalue weighted by atomic mass is 10.2. The first-order chi connectivity index (χ1) is 8.26. The smallest absolute Gasteiger partial charge is 0.410 e. The molecule has 6 heteroatoms. The van der Waals surface area contributed by atoms with Crippen LogP contribution in [0.5, 0.6) is 0 Å². The predicted octanol–water partition coefficient (Wildman–Crippen LogP) is 0.708. The van der Waals surface area contributed by atoms with E-state index in [2.05, 4.69) is 5.32 Å². The summed E-state index contributed by atoms with van der Waals surface area (Å²) in [6, 6.07) is 0. The van der Waals surface area contributed by atoms with E-state index in [1.807, 2.05) is 27.8 Å². The largest absolute Gasteiger partial charge is 0.444 e. The Labute approximate surface area is 109 Å². The van der Waals surface area contributed by atoms with E-state index in [0.717, 1.165) is 0 Å². The number of carbonyl (C=O) groups excluding carboxylic acids is 2. The van der Waals surface area contributed by atoms with Gasteiger partial charge in [0.1, 0.15) is 5.60 Å². The Hall–Kier alpha value is -1.30. The van der Waals surface area contributed by atoms with Gasteiger partial charge in [0.15, 0.2) is 0 Å². The Morgan fingerprint density at radius 1 is 1.28 bits per heavy atom. The van der Waals surface area contributed by atoms with Crippen molar-refractivity contribution in [3.63, 3.8) is 0 Å². The fraction of sp³-hybridized carbons (Fsp3) is 0.833. The van der Waals surface area contributed by atoms with Gasteiger partial charge in [-0.3, -0.25) is 4.79 Å². The molecule has 0 aromatic rings. The third-order valence-corrected chi connectivity index (χ3v) is 2.13. The molecule has 0 radical (unpaired) electrons. The number of rotatable bonds is 7. The standard InChI is InChI=1S/C12H25N3O3/c1-12(2,3)18-11(17)15(9-7-14-4)8-5-6-10(13)16/h14H,5-9H2,1-4H3,(H2,13,16). The van der Waals surface area contributed by atoms with Crippen LogP contribution >= 0.6 is 0 Å². The van der Waals surface area contributed by atoms with Crippen molar-refractivity contribution in [1.29, 1.82) is 0 Å². The minimum Gasteiger partial charge on any atom is -0.444 e. The number of amides is 2. The zero-order valence-corrected chi connectivity index (χ0v) is 11.8. The molecule has 0 spiro atoms. The third kappa shape index (κ3) is 8.81. The van der Waals surface area contributed by atoms with Gasteiger partial charge >= 0.3 is 6.09 Å². The van der Waals surface area contributed by atoms with Gasteiger partial charge in [-0.1, -0.05) is 0 Å². The lowest BCUT2D eigenvalue weighted by molar-refractivity contribution is -0.118. The predicted molar refractivity (Wildman–Crippen MR) is 70.2 cm³/mol. The zero-order chi connectivity index (χ0) is 14.2. The van der Waals surface area contributed by atoms with E-state index >= 15 is 0 Å². The molecule has 0 aromatic carbocycles. The Bertz CT molecular complexity index is 274. The van der Waals surface area contributed by atoms with E-state index in [1.165, 1.54) is 0 Å². The number of nitrogens with two attached hydrogens (primary N) is 1. The maximum Gasteiger partial charge on any atom is 0.410 e. The summed E-state index contributed by atoms with van der Waals surface area (Å²) in [6.07, 6.45) is 0.471. The molecule has 0 atom stereocenters. The second kappa shape index (κ2) is 7.92. The van der Waals surface area contributed by atoms with Gasteiger partial charge in [-0.25, -0.2) is 4.79 Å². The molecule has 6 nitrogen and oxygen atoms in total. The highest BCUT2D eigenvalue weighted by Gasteiger charge is 2.21. The summed E-state index contributed by atoms with van der Waals surface area (Å²) in [6.45, 7) is 7.17. The van der Waals surface area contributed by atoms with Crippen LogP contribution in [-0.4, -0.2) is 49.2 Å². The molecular weight excluding hydrogens is 234 g/mol. The van der Waals surface area contributed by atoms with E-state index in [-0.39, 0.29) is 18.4 Å². The molecule has 2 amide bonds. The summed E-state index contributed by atoms with van der Waals surface area (Å²) in [5.41, 5.74) is 4.56. The molecule has 0 heterocycles. The van der Waals surface area contributed by atoms with Crippen LogP contribution < -0.4 is 11.1 Å². The van der Waals surface area contributed by atoms with Crippen molar-refractivity contribution in [3.8, 4) is 0 Å². The summed E-state index contributed by atoms with van der Waals surface area (Å²) in [5.74, 6) is -0.354. The number of hydrogen-bond donors (Lipinski definition) is 2. The molecular formula is C12H25N3O3. The van der Waals surface area contributed by atoms with E-state index in [1.54, 1.807) is 4.90 Å². The van der Waals surface area contributed by atoms with Gasteiger partial charge in [0, 0.05) is 26.1 Å². The molecule has 0 saturated carbocycles. The van der Waals surface area contributed by atoms with Crippen LogP contribution in [-0.2, 0) is 9.53 Å². The Balaban J connectivity index is 4.28. The summed E-state index contributed by atoms with van der Waals surface area (Å²) in [5, 5.41) is 2.97. The highest BCUT2D eigenvalue weighted by atomic mass is 16.6. The van der Waals surface area contributed by atoms with Gasteiger partial charge < -0.3 is 20.7 Å². The van der Waals surface area contributed by atoms with E-state index in [4.69, 9.17) is 10.5 Å². The minimum absolute atomic E-state index is 0.277. The van der Waals surface area contributed by atoms with Crippen molar-refractivity contribution < 1.29 is 14.3 Å². The SMILES string of the molecule is CNCCN(CCCC(N)=O)C(=O)OC(C)(C)C. The monoisotopic (exact) mass is 259 g/mol. The number of ether oxygens (including phenoxy) is 1. The summed E-state index contributed by atoms with van der Waals surface area (Å²) >= 11 is 0. The van der Waals surface area contributed by atoms with Gasteiger partial charge in [0.2, 0.25) is 5.91 Å². The average Bonchev–Trinajstić information content (AvgIpc) is 2.19. The van der Waals surface area contributed by atoms with Gasteiger partial charge in [0.25, 0.3) is 0 Å². The maximum atomic E-state index is 11.9. The molecule has 0 fully saturated rings. The molecule has 0 rings (SSSR count). The molecule has 0 aliphatic rings. The number of nitrogens with one attached hydrogen (secondary N) is 1. The average molecular weight is 259 g/mol. The van der Waals surface area contributed by atoms with Gasteiger partial charge in [-0.2, -0.15) is 0 Å². The molecule has 0 aromatic heterocycles. The molecule has 0 aliphatic heterocycles. The molecule has 0 aliphatic carbocycles. The summed E-state index contributed by atoms with van der Waals surface area (Å²) in [7, 11) is 1.82. The van der Waals surface area contributed by atoms with Crippen LogP contribution in [0.25, 0.3) is 0 Å². The summed E-state index contributed by atoms with van der Waals surface area (Å²) in [4.78, 5) is 24.2.